The van der Waals surface area contributed by atoms with Crippen molar-refractivity contribution in [2.75, 3.05) is 0 Å². The Labute approximate surface area is 82.6 Å². The van der Waals surface area contributed by atoms with Crippen molar-refractivity contribution < 1.29 is 18.7 Å². The molecule has 2 aromatic rings. The number of aromatic carboxylic acids is 1. The molecule has 2 heterocycles. The van der Waals surface area contributed by atoms with Crippen molar-refractivity contribution in [2.24, 2.45) is 0 Å². The highest BCUT2D eigenvalue weighted by Crippen LogP contribution is 2.30. The molecule has 2 aromatic heterocycles. The maximum atomic E-state index is 12.6. The van der Waals surface area contributed by atoms with Crippen molar-refractivity contribution in [3.8, 4) is 0 Å². The Hall–Kier alpha value is -1.98. The molecule has 0 aliphatic rings. The number of carboxylic acids is 1. The summed E-state index contributed by atoms with van der Waals surface area (Å²) in [6, 6.07) is 2.89. The van der Waals surface area contributed by atoms with Crippen LogP contribution in [-0.4, -0.2) is 21.0 Å². The topological polar surface area (TPSA) is 66.0 Å². The summed E-state index contributed by atoms with van der Waals surface area (Å²) in [7, 11) is 0. The number of fused-ring (bicyclic) bond motifs is 1. The smallest absolute Gasteiger partial charge is 0.352 e. The van der Waals surface area contributed by atoms with Crippen LogP contribution in [0.1, 0.15) is 22.5 Å². The molecule has 0 atom stereocenters. The Morgan fingerprint density at radius 2 is 2.27 bits per heavy atom. The van der Waals surface area contributed by atoms with Crippen LogP contribution < -0.4 is 0 Å². The number of pyridine rings is 1. The number of carbonyl (C=O) groups is 1. The lowest BCUT2D eigenvalue weighted by Crippen LogP contribution is -2.01. The average Bonchev–Trinajstić information content (AvgIpc) is 2.56. The molecule has 15 heavy (non-hydrogen) atoms. The van der Waals surface area contributed by atoms with Gasteiger partial charge in [0, 0.05) is 11.6 Å². The van der Waals surface area contributed by atoms with E-state index in [9.17, 15) is 13.6 Å². The van der Waals surface area contributed by atoms with Crippen molar-refractivity contribution in [1.82, 2.24) is 9.97 Å². The molecule has 0 amide bonds. The minimum Gasteiger partial charge on any atom is -0.477 e. The predicted octanol–water partition coefficient (Wildman–Crippen LogP) is 2.20. The fraction of sp³-hybridized carbons (Fsp3) is 0.111. The molecule has 2 rings (SSSR count). The van der Waals surface area contributed by atoms with Crippen molar-refractivity contribution in [3.63, 3.8) is 0 Å². The third-order valence-electron chi connectivity index (χ3n) is 2.04. The van der Waals surface area contributed by atoms with Crippen LogP contribution in [0.5, 0.6) is 0 Å². The molecule has 0 bridgehead atoms. The zero-order valence-electron chi connectivity index (χ0n) is 7.37. The van der Waals surface area contributed by atoms with Gasteiger partial charge in [-0.1, -0.05) is 0 Å². The fourth-order valence-corrected chi connectivity index (χ4v) is 1.44. The van der Waals surface area contributed by atoms with Gasteiger partial charge in [0.2, 0.25) is 0 Å². The van der Waals surface area contributed by atoms with Crippen LogP contribution in [0.25, 0.3) is 11.0 Å². The van der Waals surface area contributed by atoms with E-state index in [-0.39, 0.29) is 11.0 Å². The quantitative estimate of drug-likeness (QED) is 0.801. The molecule has 0 aliphatic heterocycles. The van der Waals surface area contributed by atoms with E-state index < -0.39 is 23.7 Å². The number of alkyl halides is 2. The van der Waals surface area contributed by atoms with Gasteiger partial charge >= 0.3 is 5.97 Å². The van der Waals surface area contributed by atoms with Crippen molar-refractivity contribution >= 4 is 17.0 Å². The van der Waals surface area contributed by atoms with Crippen molar-refractivity contribution in [1.29, 1.82) is 0 Å². The van der Waals surface area contributed by atoms with E-state index in [1.807, 2.05) is 0 Å². The molecule has 6 heteroatoms. The van der Waals surface area contributed by atoms with Gasteiger partial charge in [-0.05, 0) is 12.1 Å². The minimum absolute atomic E-state index is 0.143. The van der Waals surface area contributed by atoms with E-state index in [0.29, 0.717) is 0 Å². The largest absolute Gasteiger partial charge is 0.477 e. The number of carboxylic acid groups (broad SMARTS) is 1. The summed E-state index contributed by atoms with van der Waals surface area (Å²) in [6.45, 7) is 0. The zero-order valence-corrected chi connectivity index (χ0v) is 7.37. The van der Waals surface area contributed by atoms with Crippen LogP contribution in [0, 0.1) is 0 Å². The summed E-state index contributed by atoms with van der Waals surface area (Å²) < 4.78 is 25.3. The Morgan fingerprint density at radius 3 is 2.87 bits per heavy atom. The lowest BCUT2D eigenvalue weighted by molar-refractivity contribution is 0.0679. The molecule has 4 nitrogen and oxygen atoms in total. The second kappa shape index (κ2) is 3.30. The maximum Gasteiger partial charge on any atom is 0.352 e. The molecule has 0 radical (unpaired) electrons. The molecule has 0 saturated heterocycles. The van der Waals surface area contributed by atoms with E-state index >= 15 is 0 Å². The van der Waals surface area contributed by atoms with E-state index in [2.05, 4.69) is 9.97 Å². The molecular formula is C9H6F2N2O2. The summed E-state index contributed by atoms with van der Waals surface area (Å²) in [5, 5.41) is 8.87. The molecule has 0 spiro atoms. The summed E-state index contributed by atoms with van der Waals surface area (Å²) in [4.78, 5) is 16.8. The first-order valence-electron chi connectivity index (χ1n) is 4.09. The highest BCUT2D eigenvalue weighted by atomic mass is 19.3. The molecule has 0 saturated carbocycles. The summed E-state index contributed by atoms with van der Waals surface area (Å²) >= 11 is 0. The van der Waals surface area contributed by atoms with Crippen LogP contribution in [0.3, 0.4) is 0 Å². The standard InChI is InChI=1S/C9H6F2N2O2/c10-7(11)5-4-2-1-3-12-8(4)13-6(5)9(14)15/h1-3,7H,(H,12,13)(H,14,15). The predicted molar refractivity (Wildman–Crippen MR) is 48.0 cm³/mol. The van der Waals surface area contributed by atoms with Gasteiger partial charge in [0.15, 0.2) is 0 Å². The van der Waals surface area contributed by atoms with Gasteiger partial charge in [0.05, 0.1) is 5.56 Å². The molecule has 0 fully saturated rings. The Balaban J connectivity index is 2.80. The number of aromatic amines is 1. The van der Waals surface area contributed by atoms with Crippen molar-refractivity contribution in [2.45, 2.75) is 6.43 Å². The lowest BCUT2D eigenvalue weighted by Gasteiger charge is -1.97. The Bertz CT molecular complexity index is 522. The van der Waals surface area contributed by atoms with Gasteiger partial charge in [-0.2, -0.15) is 0 Å². The molecule has 2 N–H and O–H groups in total. The highest BCUT2D eigenvalue weighted by molar-refractivity contribution is 5.96. The van der Waals surface area contributed by atoms with Crippen LogP contribution in [-0.2, 0) is 0 Å². The lowest BCUT2D eigenvalue weighted by atomic mass is 10.2. The zero-order chi connectivity index (χ0) is 11.0. The second-order valence-corrected chi connectivity index (χ2v) is 2.92. The Morgan fingerprint density at radius 1 is 1.53 bits per heavy atom. The molecule has 0 unspecified atom stereocenters. The summed E-state index contributed by atoms with van der Waals surface area (Å²) in [5.41, 5.74) is -0.852. The van der Waals surface area contributed by atoms with E-state index in [1.165, 1.54) is 18.3 Å². The number of rotatable bonds is 2. The number of aromatic nitrogens is 2. The number of hydrogen-bond acceptors (Lipinski definition) is 2. The third-order valence-corrected chi connectivity index (χ3v) is 2.04. The third kappa shape index (κ3) is 1.43. The van der Waals surface area contributed by atoms with E-state index in [4.69, 9.17) is 5.11 Å². The molecule has 78 valence electrons. The first kappa shape index (κ1) is 9.57. The minimum atomic E-state index is -2.84. The fourth-order valence-electron chi connectivity index (χ4n) is 1.44. The SMILES string of the molecule is O=C(O)c1[nH]c2ncccc2c1C(F)F. The van der Waals surface area contributed by atoms with E-state index in [1.54, 1.807) is 0 Å². The molecule has 0 aliphatic carbocycles. The summed E-state index contributed by atoms with van der Waals surface area (Å²) in [6.07, 6.45) is -1.44. The number of halogens is 2. The number of nitrogens with one attached hydrogen (secondary N) is 1. The first-order chi connectivity index (χ1) is 7.11. The van der Waals surface area contributed by atoms with Crippen LogP contribution >= 0.6 is 0 Å². The van der Waals surface area contributed by atoms with Crippen LogP contribution in [0.4, 0.5) is 8.78 Å². The summed E-state index contributed by atoms with van der Waals surface area (Å²) in [5.74, 6) is -1.41. The van der Waals surface area contributed by atoms with Gasteiger partial charge in [-0.15, -0.1) is 0 Å². The average molecular weight is 212 g/mol. The van der Waals surface area contributed by atoms with Crippen LogP contribution in [0.2, 0.25) is 0 Å². The van der Waals surface area contributed by atoms with Gasteiger partial charge in [0.1, 0.15) is 11.3 Å². The van der Waals surface area contributed by atoms with E-state index in [0.717, 1.165) is 0 Å². The highest BCUT2D eigenvalue weighted by Gasteiger charge is 2.23. The normalized spacial score (nSPS) is 11.1. The number of nitrogens with zero attached hydrogens (tertiary/aromatic N) is 1. The van der Waals surface area contributed by atoms with Gasteiger partial charge in [-0.25, -0.2) is 18.6 Å². The monoisotopic (exact) mass is 212 g/mol. The maximum absolute atomic E-state index is 12.6. The molecular weight excluding hydrogens is 206 g/mol. The van der Waals surface area contributed by atoms with Gasteiger partial charge in [0.25, 0.3) is 6.43 Å². The Kier molecular flexibility index (Phi) is 2.11. The first-order valence-corrected chi connectivity index (χ1v) is 4.09. The van der Waals surface area contributed by atoms with Gasteiger partial charge < -0.3 is 10.1 Å². The van der Waals surface area contributed by atoms with Crippen LogP contribution in [0.15, 0.2) is 18.3 Å². The van der Waals surface area contributed by atoms with Gasteiger partial charge in [-0.3, -0.25) is 0 Å². The number of hydrogen-bond donors (Lipinski definition) is 2. The van der Waals surface area contributed by atoms with Crippen molar-refractivity contribution in [3.05, 3.63) is 29.6 Å². The second-order valence-electron chi connectivity index (χ2n) is 2.92. The molecule has 0 aromatic carbocycles. The number of H-pyrrole nitrogens is 1.